The molecule has 3 aromatic rings. The Morgan fingerprint density at radius 2 is 1.81 bits per heavy atom. The first kappa shape index (κ1) is 19.0. The third-order valence-electron chi connectivity index (χ3n) is 3.57. The zero-order valence-corrected chi connectivity index (χ0v) is 16.0. The molecular formula is C20H18N2O3S2. The average molecular weight is 399 g/mol. The number of ether oxygens (including phenoxy) is 1. The molecule has 27 heavy (non-hydrogen) atoms. The van der Waals surface area contributed by atoms with Gasteiger partial charge in [-0.15, -0.1) is 23.1 Å². The van der Waals surface area contributed by atoms with Gasteiger partial charge in [0.25, 0.3) is 11.8 Å². The number of thiophene rings is 1. The molecule has 2 aromatic carbocycles. The van der Waals surface area contributed by atoms with Crippen molar-refractivity contribution in [2.75, 3.05) is 11.9 Å². The summed E-state index contributed by atoms with van der Waals surface area (Å²) in [7, 11) is 0. The van der Waals surface area contributed by atoms with Crippen LogP contribution in [0.5, 0.6) is 5.75 Å². The van der Waals surface area contributed by atoms with Crippen molar-refractivity contribution >= 4 is 40.6 Å². The fraction of sp³-hybridized carbons (Fsp3) is 0.100. The normalized spacial score (nSPS) is 10.4. The summed E-state index contributed by atoms with van der Waals surface area (Å²) in [6.07, 6.45) is 0. The number of thioether (sulfide) groups is 1. The Kier molecular flexibility index (Phi) is 6.51. The summed E-state index contributed by atoms with van der Waals surface area (Å²) in [5.74, 6) is 0.631. The number of nitrogens with two attached hydrogens (primary N) is 1. The molecule has 5 nitrogen and oxygen atoms in total. The van der Waals surface area contributed by atoms with Crippen LogP contribution in [0.1, 0.15) is 15.2 Å². The van der Waals surface area contributed by atoms with Crippen LogP contribution < -0.4 is 15.8 Å². The smallest absolute Gasteiger partial charge is 0.256 e. The van der Waals surface area contributed by atoms with Crippen LogP contribution in [0.25, 0.3) is 0 Å². The molecule has 2 amide bonds. The maximum atomic E-state index is 12.7. The molecule has 3 N–H and O–H groups in total. The Morgan fingerprint density at radius 1 is 1.04 bits per heavy atom. The van der Waals surface area contributed by atoms with Crippen LogP contribution in [-0.4, -0.2) is 18.4 Å². The van der Waals surface area contributed by atoms with Gasteiger partial charge >= 0.3 is 0 Å². The number of amides is 2. The lowest BCUT2D eigenvalue weighted by molar-refractivity contribution is -0.119. The predicted octanol–water partition coefficient (Wildman–Crippen LogP) is 4.16. The van der Waals surface area contributed by atoms with E-state index in [0.29, 0.717) is 17.0 Å². The van der Waals surface area contributed by atoms with Crippen LogP contribution in [0.4, 0.5) is 5.69 Å². The topological polar surface area (TPSA) is 81.4 Å². The number of carbonyl (C=O) groups excluding carboxylic acids is 2. The molecule has 0 aliphatic heterocycles. The van der Waals surface area contributed by atoms with Gasteiger partial charge in [0.2, 0.25) is 0 Å². The Bertz CT molecular complexity index is 909. The van der Waals surface area contributed by atoms with E-state index in [4.69, 9.17) is 10.5 Å². The monoisotopic (exact) mass is 398 g/mol. The minimum atomic E-state index is -0.538. The summed E-state index contributed by atoms with van der Waals surface area (Å²) >= 11 is 3.35. The van der Waals surface area contributed by atoms with Crippen molar-refractivity contribution in [2.24, 2.45) is 5.73 Å². The summed E-state index contributed by atoms with van der Waals surface area (Å²) in [6, 6.07) is 18.4. The van der Waals surface area contributed by atoms with Gasteiger partial charge in [0, 0.05) is 21.2 Å². The Balaban J connectivity index is 1.64. The van der Waals surface area contributed by atoms with Crippen LogP contribution in [0.2, 0.25) is 0 Å². The van der Waals surface area contributed by atoms with Crippen molar-refractivity contribution in [1.29, 1.82) is 0 Å². The van der Waals surface area contributed by atoms with E-state index in [1.807, 2.05) is 35.7 Å². The highest BCUT2D eigenvalue weighted by molar-refractivity contribution is 7.98. The lowest BCUT2D eigenvalue weighted by atomic mass is 10.2. The van der Waals surface area contributed by atoms with E-state index < -0.39 is 5.91 Å². The fourth-order valence-corrected chi connectivity index (χ4v) is 4.13. The van der Waals surface area contributed by atoms with Crippen molar-refractivity contribution in [3.8, 4) is 5.75 Å². The second kappa shape index (κ2) is 9.25. The summed E-state index contributed by atoms with van der Waals surface area (Å²) in [5, 5.41) is 4.93. The highest BCUT2D eigenvalue weighted by Crippen LogP contribution is 2.28. The standard InChI is InChI=1S/C20H18N2O3S2/c21-19(23)12-25-15-9-7-14(8-10-15)22-20(24)17-5-1-2-6-18(17)27-13-16-4-3-11-26-16/h1-11H,12-13H2,(H2,21,23)(H,22,24). The molecule has 0 saturated heterocycles. The molecule has 0 atom stereocenters. The lowest BCUT2D eigenvalue weighted by Gasteiger charge is -2.10. The van der Waals surface area contributed by atoms with Crippen molar-refractivity contribution in [3.05, 3.63) is 76.5 Å². The molecule has 0 aliphatic carbocycles. The van der Waals surface area contributed by atoms with E-state index in [1.165, 1.54) is 4.88 Å². The summed E-state index contributed by atoms with van der Waals surface area (Å²) < 4.78 is 5.21. The van der Waals surface area contributed by atoms with Crippen molar-refractivity contribution in [1.82, 2.24) is 0 Å². The van der Waals surface area contributed by atoms with Gasteiger partial charge in [-0.25, -0.2) is 0 Å². The van der Waals surface area contributed by atoms with Gasteiger partial charge in [-0.3, -0.25) is 9.59 Å². The molecule has 0 bridgehead atoms. The number of nitrogens with one attached hydrogen (secondary N) is 1. The molecular weight excluding hydrogens is 380 g/mol. The first-order valence-electron chi connectivity index (χ1n) is 8.18. The molecule has 1 aromatic heterocycles. The number of primary amides is 1. The van der Waals surface area contributed by atoms with Crippen molar-refractivity contribution < 1.29 is 14.3 Å². The second-order valence-corrected chi connectivity index (χ2v) is 7.65. The van der Waals surface area contributed by atoms with Crippen molar-refractivity contribution in [2.45, 2.75) is 10.6 Å². The Labute approximate surface area is 165 Å². The number of anilines is 1. The van der Waals surface area contributed by atoms with E-state index in [-0.39, 0.29) is 12.5 Å². The Morgan fingerprint density at radius 3 is 2.52 bits per heavy atom. The quantitative estimate of drug-likeness (QED) is 0.558. The Hall–Kier alpha value is -2.77. The van der Waals surface area contributed by atoms with Crippen LogP contribution >= 0.6 is 23.1 Å². The molecule has 0 saturated carbocycles. The molecule has 0 radical (unpaired) electrons. The fourth-order valence-electron chi connectivity index (χ4n) is 2.31. The van der Waals surface area contributed by atoms with Crippen LogP contribution in [-0.2, 0) is 10.5 Å². The minimum Gasteiger partial charge on any atom is -0.484 e. The van der Waals surface area contributed by atoms with Crippen LogP contribution in [0.15, 0.2) is 70.9 Å². The van der Waals surface area contributed by atoms with Gasteiger partial charge in [-0.1, -0.05) is 18.2 Å². The highest BCUT2D eigenvalue weighted by atomic mass is 32.2. The van der Waals surface area contributed by atoms with E-state index >= 15 is 0 Å². The third kappa shape index (κ3) is 5.60. The van der Waals surface area contributed by atoms with E-state index in [9.17, 15) is 9.59 Å². The van der Waals surface area contributed by atoms with Gasteiger partial charge in [-0.05, 0) is 47.8 Å². The second-order valence-electron chi connectivity index (χ2n) is 5.60. The summed E-state index contributed by atoms with van der Waals surface area (Å²) in [4.78, 5) is 25.6. The number of benzene rings is 2. The molecule has 0 unspecified atom stereocenters. The maximum absolute atomic E-state index is 12.7. The SMILES string of the molecule is NC(=O)COc1ccc(NC(=O)c2ccccc2SCc2cccs2)cc1. The average Bonchev–Trinajstić information content (AvgIpc) is 3.19. The molecule has 138 valence electrons. The van der Waals surface area contributed by atoms with E-state index in [0.717, 1.165) is 10.6 Å². The summed E-state index contributed by atoms with van der Waals surface area (Å²) in [6.45, 7) is -0.180. The molecule has 1 heterocycles. The molecule has 0 spiro atoms. The van der Waals surface area contributed by atoms with E-state index in [2.05, 4.69) is 11.4 Å². The van der Waals surface area contributed by atoms with Gasteiger partial charge in [0.1, 0.15) is 5.75 Å². The number of hydrogen-bond donors (Lipinski definition) is 2. The molecule has 0 fully saturated rings. The molecule has 3 rings (SSSR count). The molecule has 7 heteroatoms. The van der Waals surface area contributed by atoms with Crippen molar-refractivity contribution in [3.63, 3.8) is 0 Å². The summed E-state index contributed by atoms with van der Waals surface area (Å²) in [5.41, 5.74) is 6.32. The maximum Gasteiger partial charge on any atom is 0.256 e. The van der Waals surface area contributed by atoms with Gasteiger partial charge in [-0.2, -0.15) is 0 Å². The predicted molar refractivity (Wildman–Crippen MR) is 109 cm³/mol. The first-order valence-corrected chi connectivity index (χ1v) is 10.0. The number of carbonyl (C=O) groups is 2. The highest BCUT2D eigenvalue weighted by Gasteiger charge is 2.12. The lowest BCUT2D eigenvalue weighted by Crippen LogP contribution is -2.20. The largest absolute Gasteiger partial charge is 0.484 e. The first-order chi connectivity index (χ1) is 13.1. The van der Waals surface area contributed by atoms with E-state index in [1.54, 1.807) is 47.4 Å². The number of rotatable bonds is 8. The van der Waals surface area contributed by atoms with Gasteiger partial charge in [0.15, 0.2) is 6.61 Å². The van der Waals surface area contributed by atoms with Gasteiger partial charge in [0.05, 0.1) is 5.56 Å². The van der Waals surface area contributed by atoms with Crippen LogP contribution in [0, 0.1) is 0 Å². The molecule has 0 aliphatic rings. The third-order valence-corrected chi connectivity index (χ3v) is 5.76. The zero-order chi connectivity index (χ0) is 19.1. The zero-order valence-electron chi connectivity index (χ0n) is 14.4. The van der Waals surface area contributed by atoms with Crippen LogP contribution in [0.3, 0.4) is 0 Å². The number of hydrogen-bond acceptors (Lipinski definition) is 5. The van der Waals surface area contributed by atoms with Gasteiger partial charge < -0.3 is 15.8 Å². The minimum absolute atomic E-state index is 0.171.